The van der Waals surface area contributed by atoms with Gasteiger partial charge in [-0.05, 0) is 43.4 Å². The van der Waals surface area contributed by atoms with Crippen LogP contribution in [0.2, 0.25) is 0 Å². The van der Waals surface area contributed by atoms with Crippen LogP contribution in [0.1, 0.15) is 58.6 Å². The molecule has 3 aromatic rings. The number of hydrogen-bond donors (Lipinski definition) is 0. The molecule has 0 fully saturated rings. The van der Waals surface area contributed by atoms with Crippen molar-refractivity contribution in [2.75, 3.05) is 0 Å². The number of thiazole rings is 1. The van der Waals surface area contributed by atoms with E-state index in [4.69, 9.17) is 4.99 Å². The van der Waals surface area contributed by atoms with E-state index in [0.29, 0.717) is 5.92 Å². The third-order valence-corrected chi connectivity index (χ3v) is 6.35. The Morgan fingerprint density at radius 2 is 1.84 bits per heavy atom. The standard InChI is InChI=1S/C25H31N3O2S/c1-5-20-12-14-22(15-13-20)26-25-27(19(4)9-6-8-18(2)3)24(17-31-25)21-10-7-11-23(16-21)28(29)30/h7,10-19H,5-6,8-9H2,1-4H3. The second-order valence-corrected chi connectivity index (χ2v) is 9.22. The van der Waals surface area contributed by atoms with Gasteiger partial charge in [0.1, 0.15) is 0 Å². The molecule has 0 saturated heterocycles. The number of aryl methyl sites for hydroxylation is 1. The smallest absolute Gasteiger partial charge is 0.270 e. The Bertz CT molecular complexity index is 1080. The summed E-state index contributed by atoms with van der Waals surface area (Å²) in [6, 6.07) is 15.5. The van der Waals surface area contributed by atoms with E-state index in [9.17, 15) is 10.1 Å². The van der Waals surface area contributed by atoms with Crippen LogP contribution in [-0.4, -0.2) is 9.49 Å². The molecule has 1 heterocycles. The van der Waals surface area contributed by atoms with Crippen molar-refractivity contribution in [2.45, 2.75) is 59.4 Å². The maximum atomic E-state index is 11.3. The lowest BCUT2D eigenvalue weighted by molar-refractivity contribution is -0.384. The van der Waals surface area contributed by atoms with Gasteiger partial charge in [0.25, 0.3) is 5.69 Å². The molecule has 1 unspecified atom stereocenters. The van der Waals surface area contributed by atoms with Crippen LogP contribution in [0.3, 0.4) is 0 Å². The highest BCUT2D eigenvalue weighted by Crippen LogP contribution is 2.29. The highest BCUT2D eigenvalue weighted by atomic mass is 32.1. The summed E-state index contributed by atoms with van der Waals surface area (Å²) >= 11 is 1.58. The summed E-state index contributed by atoms with van der Waals surface area (Å²) in [5.41, 5.74) is 4.15. The molecule has 0 N–H and O–H groups in total. The SMILES string of the molecule is CCc1ccc(N=c2scc(-c3cccc([N+](=O)[O-])c3)n2C(C)CCCC(C)C)cc1. The zero-order chi connectivity index (χ0) is 22.4. The van der Waals surface area contributed by atoms with Crippen LogP contribution < -0.4 is 4.80 Å². The lowest BCUT2D eigenvalue weighted by Gasteiger charge is -2.18. The molecule has 2 aromatic carbocycles. The van der Waals surface area contributed by atoms with Gasteiger partial charge >= 0.3 is 0 Å². The van der Waals surface area contributed by atoms with Gasteiger partial charge in [-0.2, -0.15) is 0 Å². The third-order valence-electron chi connectivity index (χ3n) is 5.51. The molecule has 0 radical (unpaired) electrons. The number of nitro groups is 1. The molecule has 31 heavy (non-hydrogen) atoms. The summed E-state index contributed by atoms with van der Waals surface area (Å²) in [5.74, 6) is 0.678. The van der Waals surface area contributed by atoms with Crippen molar-refractivity contribution in [1.82, 2.24) is 4.57 Å². The summed E-state index contributed by atoms with van der Waals surface area (Å²) in [5, 5.41) is 13.4. The lowest BCUT2D eigenvalue weighted by Crippen LogP contribution is -2.20. The van der Waals surface area contributed by atoms with Crippen LogP contribution >= 0.6 is 11.3 Å². The molecule has 164 valence electrons. The fraction of sp³-hybridized carbons (Fsp3) is 0.400. The molecule has 0 aliphatic carbocycles. The zero-order valence-electron chi connectivity index (χ0n) is 18.7. The van der Waals surface area contributed by atoms with Gasteiger partial charge in [-0.25, -0.2) is 4.99 Å². The number of non-ortho nitro benzene ring substituents is 1. The summed E-state index contributed by atoms with van der Waals surface area (Å²) in [4.78, 5) is 16.8. The number of rotatable bonds is 9. The molecular formula is C25H31N3O2S. The number of nitrogens with zero attached hydrogens (tertiary/aromatic N) is 3. The predicted octanol–water partition coefficient (Wildman–Crippen LogP) is 7.31. The number of nitro benzene ring substituents is 1. The molecule has 1 aromatic heterocycles. The highest BCUT2D eigenvalue weighted by molar-refractivity contribution is 7.07. The van der Waals surface area contributed by atoms with E-state index in [2.05, 4.69) is 61.9 Å². The van der Waals surface area contributed by atoms with Gasteiger partial charge in [-0.1, -0.05) is 57.9 Å². The number of aromatic nitrogens is 1. The van der Waals surface area contributed by atoms with Crippen molar-refractivity contribution in [3.05, 3.63) is 74.4 Å². The average molecular weight is 438 g/mol. The lowest BCUT2D eigenvalue weighted by atomic mass is 10.0. The van der Waals surface area contributed by atoms with Crippen molar-refractivity contribution >= 4 is 22.7 Å². The van der Waals surface area contributed by atoms with Gasteiger partial charge < -0.3 is 4.57 Å². The van der Waals surface area contributed by atoms with Crippen LogP contribution in [-0.2, 0) is 6.42 Å². The third kappa shape index (κ3) is 5.91. The van der Waals surface area contributed by atoms with Crippen LogP contribution in [0.5, 0.6) is 0 Å². The minimum Gasteiger partial charge on any atom is -0.314 e. The van der Waals surface area contributed by atoms with Crippen LogP contribution in [0, 0.1) is 16.0 Å². The molecule has 3 rings (SSSR count). The molecule has 6 heteroatoms. The first kappa shape index (κ1) is 22.9. The maximum absolute atomic E-state index is 11.3. The first-order valence-corrected chi connectivity index (χ1v) is 11.9. The van der Waals surface area contributed by atoms with E-state index in [-0.39, 0.29) is 16.7 Å². The molecule has 0 aliphatic rings. The molecule has 0 aliphatic heterocycles. The second-order valence-electron chi connectivity index (χ2n) is 8.39. The fourth-order valence-electron chi connectivity index (χ4n) is 3.68. The Hall–Kier alpha value is -2.73. The average Bonchev–Trinajstić information content (AvgIpc) is 3.17. The van der Waals surface area contributed by atoms with Crippen molar-refractivity contribution in [1.29, 1.82) is 0 Å². The summed E-state index contributed by atoms with van der Waals surface area (Å²) in [6.45, 7) is 8.85. The molecule has 5 nitrogen and oxygen atoms in total. The zero-order valence-corrected chi connectivity index (χ0v) is 19.6. The van der Waals surface area contributed by atoms with Crippen LogP contribution in [0.4, 0.5) is 11.4 Å². The van der Waals surface area contributed by atoms with Gasteiger partial charge in [0.15, 0.2) is 4.80 Å². The van der Waals surface area contributed by atoms with Gasteiger partial charge in [0.05, 0.1) is 16.3 Å². The van der Waals surface area contributed by atoms with Crippen molar-refractivity contribution < 1.29 is 4.92 Å². The van der Waals surface area contributed by atoms with Crippen molar-refractivity contribution in [3.63, 3.8) is 0 Å². The largest absolute Gasteiger partial charge is 0.314 e. The number of hydrogen-bond acceptors (Lipinski definition) is 4. The quantitative estimate of drug-likeness (QED) is 0.260. The van der Waals surface area contributed by atoms with Gasteiger partial charge in [0.2, 0.25) is 0 Å². The Balaban J connectivity index is 2.05. The van der Waals surface area contributed by atoms with Crippen LogP contribution in [0.15, 0.2) is 58.9 Å². The van der Waals surface area contributed by atoms with Crippen molar-refractivity contribution in [3.8, 4) is 11.3 Å². The van der Waals surface area contributed by atoms with Crippen LogP contribution in [0.25, 0.3) is 11.3 Å². The first-order valence-electron chi connectivity index (χ1n) is 11.0. The van der Waals surface area contributed by atoms with Gasteiger partial charge in [0, 0.05) is 29.1 Å². The minimum absolute atomic E-state index is 0.108. The molecule has 0 bridgehead atoms. The Kier molecular flexibility index (Phi) is 7.80. The summed E-state index contributed by atoms with van der Waals surface area (Å²) in [7, 11) is 0. The van der Waals surface area contributed by atoms with E-state index < -0.39 is 0 Å². The van der Waals surface area contributed by atoms with E-state index >= 15 is 0 Å². The molecule has 0 spiro atoms. The van der Waals surface area contributed by atoms with E-state index in [1.54, 1.807) is 23.5 Å². The Labute approximate surface area is 188 Å². The molecular weight excluding hydrogens is 406 g/mol. The monoisotopic (exact) mass is 437 g/mol. The molecule has 1 atom stereocenters. The minimum atomic E-state index is -0.340. The maximum Gasteiger partial charge on any atom is 0.270 e. The van der Waals surface area contributed by atoms with E-state index in [0.717, 1.165) is 41.0 Å². The van der Waals surface area contributed by atoms with Gasteiger partial charge in [-0.3, -0.25) is 10.1 Å². The predicted molar refractivity (Wildman–Crippen MR) is 129 cm³/mol. The Morgan fingerprint density at radius 1 is 1.10 bits per heavy atom. The highest BCUT2D eigenvalue weighted by Gasteiger charge is 2.16. The van der Waals surface area contributed by atoms with Gasteiger partial charge in [-0.15, -0.1) is 11.3 Å². The Morgan fingerprint density at radius 3 is 2.48 bits per heavy atom. The second kappa shape index (κ2) is 10.5. The van der Waals surface area contributed by atoms with Crippen molar-refractivity contribution in [2.24, 2.45) is 10.9 Å². The topological polar surface area (TPSA) is 60.4 Å². The molecule has 0 saturated carbocycles. The fourth-order valence-corrected chi connectivity index (χ4v) is 4.70. The summed E-state index contributed by atoms with van der Waals surface area (Å²) in [6.07, 6.45) is 4.37. The van der Waals surface area contributed by atoms with E-state index in [1.165, 1.54) is 18.1 Å². The summed E-state index contributed by atoms with van der Waals surface area (Å²) < 4.78 is 2.25. The first-order chi connectivity index (χ1) is 14.9. The number of benzene rings is 2. The van der Waals surface area contributed by atoms with E-state index in [1.807, 2.05) is 6.07 Å². The normalized spacial score (nSPS) is 13.0. The molecule has 0 amide bonds.